The van der Waals surface area contributed by atoms with E-state index in [9.17, 15) is 17.2 Å². The second-order valence-electron chi connectivity index (χ2n) is 5.11. The van der Waals surface area contributed by atoms with E-state index in [1.807, 2.05) is 12.1 Å². The Hall–Kier alpha value is -1.28. The van der Waals surface area contributed by atoms with Gasteiger partial charge in [0.1, 0.15) is 0 Å². The molecule has 0 amide bonds. The van der Waals surface area contributed by atoms with Crippen LogP contribution in [0.5, 0.6) is 0 Å². The molecule has 2 rings (SSSR count). The van der Waals surface area contributed by atoms with Crippen LogP contribution < -0.4 is 0 Å². The molecule has 0 fully saturated rings. The maximum Gasteiger partial charge on any atom is 0.341 e. The number of halogens is 3. The molecule has 0 aliphatic heterocycles. The Kier molecular flexibility index (Phi) is 6.51. The highest BCUT2D eigenvalue weighted by Gasteiger charge is 2.26. The highest BCUT2D eigenvalue weighted by Crippen LogP contribution is 2.24. The van der Waals surface area contributed by atoms with Gasteiger partial charge in [0.15, 0.2) is 0 Å². The van der Waals surface area contributed by atoms with Crippen LogP contribution in [0.25, 0.3) is 0 Å². The van der Waals surface area contributed by atoms with Gasteiger partial charge in [-0.25, -0.2) is 8.42 Å². The molecule has 2 aromatic rings. The molecule has 0 saturated heterocycles. The molecule has 1 heterocycles. The third kappa shape index (κ3) is 4.86. The number of nitrogens with zero attached hydrogens (tertiary/aromatic N) is 1. The fourth-order valence-corrected chi connectivity index (χ4v) is 4.02. The fourth-order valence-electron chi connectivity index (χ4n) is 2.17. The van der Waals surface area contributed by atoms with Crippen LogP contribution in [0.4, 0.5) is 8.78 Å². The van der Waals surface area contributed by atoms with Crippen LogP contribution in [-0.4, -0.2) is 25.6 Å². The minimum absolute atomic E-state index is 0.374. The van der Waals surface area contributed by atoms with E-state index in [0.29, 0.717) is 24.0 Å². The summed E-state index contributed by atoms with van der Waals surface area (Å²) in [7, 11) is -4.55. The van der Waals surface area contributed by atoms with Crippen molar-refractivity contribution in [3.63, 3.8) is 0 Å². The van der Waals surface area contributed by atoms with Gasteiger partial charge in [0.2, 0.25) is 9.84 Å². The first-order valence-corrected chi connectivity index (χ1v) is 9.75. The summed E-state index contributed by atoms with van der Waals surface area (Å²) >= 11 is 7.42. The molecule has 0 unspecified atom stereocenters. The van der Waals surface area contributed by atoms with Crippen molar-refractivity contribution in [1.82, 2.24) is 4.90 Å². The zero-order valence-electron chi connectivity index (χ0n) is 12.7. The lowest BCUT2D eigenvalue weighted by Gasteiger charge is -2.20. The van der Waals surface area contributed by atoms with Crippen LogP contribution in [0, 0.1) is 0 Å². The molecule has 3 nitrogen and oxygen atoms in total. The molecule has 0 spiro atoms. The molecule has 0 aliphatic rings. The number of sulfone groups is 1. The monoisotopic (exact) mass is 391 g/mol. The van der Waals surface area contributed by atoms with Crippen molar-refractivity contribution in [2.45, 2.75) is 23.7 Å². The van der Waals surface area contributed by atoms with Crippen LogP contribution in [0.1, 0.15) is 10.4 Å². The Labute approximate surface area is 149 Å². The van der Waals surface area contributed by atoms with Gasteiger partial charge in [-0.05, 0) is 29.8 Å². The molecule has 0 N–H and O–H groups in total. The molecule has 0 radical (unpaired) electrons. The molecular formula is C16H16ClF2NO2S2. The summed E-state index contributed by atoms with van der Waals surface area (Å²) in [6.07, 6.45) is 1.77. The third-order valence-electron chi connectivity index (χ3n) is 3.29. The molecule has 0 bridgehead atoms. The first-order chi connectivity index (χ1) is 11.3. The largest absolute Gasteiger partial charge is 0.341 e. The highest BCUT2D eigenvalue weighted by molar-refractivity contribution is 7.91. The van der Waals surface area contributed by atoms with Crippen LogP contribution in [0.15, 0.2) is 53.9 Å². The smallest absolute Gasteiger partial charge is 0.290 e. The predicted octanol–water partition coefficient (Wildman–Crippen LogP) is 4.59. The standard InChI is InChI=1S/C16H16ClF2NO2S2/c1-2-9-20(11-13-5-8-15(17)23-13)10-12-3-6-14(7-4-12)24(21,22)16(18)19/h2-8,16H,1,9-11H2. The topological polar surface area (TPSA) is 37.4 Å². The quantitative estimate of drug-likeness (QED) is 0.618. The summed E-state index contributed by atoms with van der Waals surface area (Å²) in [6.45, 7) is 5.56. The minimum atomic E-state index is -4.55. The molecule has 24 heavy (non-hydrogen) atoms. The van der Waals surface area contributed by atoms with E-state index < -0.39 is 15.6 Å². The summed E-state index contributed by atoms with van der Waals surface area (Å²) in [5, 5.41) is 0. The van der Waals surface area contributed by atoms with Crippen LogP contribution in [0.2, 0.25) is 4.34 Å². The SMILES string of the molecule is C=CCN(Cc1ccc(S(=O)(=O)C(F)F)cc1)Cc1ccc(Cl)s1. The first kappa shape index (κ1) is 19.1. The Morgan fingerprint density at radius 1 is 1.17 bits per heavy atom. The number of hydrogen-bond acceptors (Lipinski definition) is 4. The average molecular weight is 392 g/mol. The predicted molar refractivity (Wildman–Crippen MR) is 93.3 cm³/mol. The molecule has 0 atom stereocenters. The maximum absolute atomic E-state index is 12.5. The van der Waals surface area contributed by atoms with Crippen molar-refractivity contribution in [2.75, 3.05) is 6.54 Å². The molecule has 0 aliphatic carbocycles. The Morgan fingerprint density at radius 2 is 1.83 bits per heavy atom. The lowest BCUT2D eigenvalue weighted by Crippen LogP contribution is -2.22. The Balaban J connectivity index is 2.10. The summed E-state index contributed by atoms with van der Waals surface area (Å²) < 4.78 is 48.6. The van der Waals surface area contributed by atoms with Gasteiger partial charge >= 0.3 is 5.76 Å². The zero-order valence-corrected chi connectivity index (χ0v) is 15.1. The number of rotatable bonds is 8. The van der Waals surface area contributed by atoms with Crippen molar-refractivity contribution in [3.05, 3.63) is 63.8 Å². The van der Waals surface area contributed by atoms with Gasteiger partial charge in [0.25, 0.3) is 0 Å². The molecule has 0 saturated carbocycles. The maximum atomic E-state index is 12.5. The van der Waals surface area contributed by atoms with Gasteiger partial charge in [0.05, 0.1) is 9.23 Å². The van der Waals surface area contributed by atoms with Crippen molar-refractivity contribution < 1.29 is 17.2 Å². The van der Waals surface area contributed by atoms with E-state index in [1.54, 1.807) is 18.2 Å². The normalized spacial score (nSPS) is 12.0. The average Bonchev–Trinajstić information content (AvgIpc) is 2.93. The number of alkyl halides is 2. The number of hydrogen-bond donors (Lipinski definition) is 0. The minimum Gasteiger partial charge on any atom is -0.290 e. The van der Waals surface area contributed by atoms with E-state index in [0.717, 1.165) is 10.4 Å². The lowest BCUT2D eigenvalue weighted by molar-refractivity contribution is 0.234. The van der Waals surface area contributed by atoms with E-state index in [4.69, 9.17) is 11.6 Å². The highest BCUT2D eigenvalue weighted by atomic mass is 35.5. The van der Waals surface area contributed by atoms with Crippen molar-refractivity contribution in [1.29, 1.82) is 0 Å². The van der Waals surface area contributed by atoms with Crippen molar-refractivity contribution >= 4 is 32.8 Å². The van der Waals surface area contributed by atoms with E-state index >= 15 is 0 Å². The number of thiophene rings is 1. The van der Waals surface area contributed by atoms with Gasteiger partial charge in [0, 0.05) is 24.5 Å². The van der Waals surface area contributed by atoms with E-state index in [2.05, 4.69) is 11.5 Å². The first-order valence-electron chi connectivity index (χ1n) is 7.01. The Morgan fingerprint density at radius 3 is 2.33 bits per heavy atom. The van der Waals surface area contributed by atoms with E-state index in [1.165, 1.54) is 23.5 Å². The number of benzene rings is 1. The van der Waals surface area contributed by atoms with Crippen LogP contribution >= 0.6 is 22.9 Å². The van der Waals surface area contributed by atoms with Gasteiger partial charge in [-0.2, -0.15) is 8.78 Å². The van der Waals surface area contributed by atoms with Crippen molar-refractivity contribution in [2.24, 2.45) is 0 Å². The Bertz CT molecular complexity index is 789. The second kappa shape index (κ2) is 8.20. The lowest BCUT2D eigenvalue weighted by atomic mass is 10.2. The molecular weight excluding hydrogens is 376 g/mol. The molecule has 8 heteroatoms. The van der Waals surface area contributed by atoms with Crippen molar-refractivity contribution in [3.8, 4) is 0 Å². The summed E-state index contributed by atoms with van der Waals surface area (Å²) in [6, 6.07) is 9.30. The van der Waals surface area contributed by atoms with Gasteiger partial charge in [-0.15, -0.1) is 17.9 Å². The summed E-state index contributed by atoms with van der Waals surface area (Å²) in [4.78, 5) is 2.81. The van der Waals surface area contributed by atoms with Crippen LogP contribution in [-0.2, 0) is 22.9 Å². The third-order valence-corrected chi connectivity index (χ3v) is 5.90. The molecule has 1 aromatic carbocycles. The van der Waals surface area contributed by atoms with Gasteiger partial charge in [-0.3, -0.25) is 4.90 Å². The van der Waals surface area contributed by atoms with Gasteiger partial charge < -0.3 is 0 Å². The zero-order chi connectivity index (χ0) is 17.7. The molecule has 1 aromatic heterocycles. The fraction of sp³-hybridized carbons (Fsp3) is 0.250. The van der Waals surface area contributed by atoms with Crippen LogP contribution in [0.3, 0.4) is 0 Å². The second-order valence-corrected chi connectivity index (χ2v) is 8.83. The summed E-state index contributed by atoms with van der Waals surface area (Å²) in [5.74, 6) is -3.41. The van der Waals surface area contributed by atoms with Gasteiger partial charge in [-0.1, -0.05) is 29.8 Å². The van der Waals surface area contributed by atoms with E-state index in [-0.39, 0.29) is 4.90 Å². The molecule has 130 valence electrons. The summed E-state index contributed by atoms with van der Waals surface area (Å²) in [5.41, 5.74) is 0.827.